The summed E-state index contributed by atoms with van der Waals surface area (Å²) in [6.07, 6.45) is 0. The lowest BCUT2D eigenvalue weighted by atomic mass is 10.1. The molecule has 0 aliphatic rings. The molecule has 2 aromatic carbocycles. The Balaban J connectivity index is 1.87. The summed E-state index contributed by atoms with van der Waals surface area (Å²) in [4.78, 5) is 26.2. The van der Waals surface area contributed by atoms with Crippen LogP contribution in [0.2, 0.25) is 0 Å². The summed E-state index contributed by atoms with van der Waals surface area (Å²) < 4.78 is 5.24. The Hall–Kier alpha value is -2.92. The smallest absolute Gasteiger partial charge is 0.336 e. The molecule has 0 fully saturated rings. The molecule has 3 aromatic rings. The second kappa shape index (κ2) is 7.14. The Bertz CT molecular complexity index is 1020. The van der Waals surface area contributed by atoms with E-state index in [-0.39, 0.29) is 11.5 Å². The number of hydrogen-bond donors (Lipinski definition) is 1. The number of nitrogens with zero attached hydrogens (tertiary/aromatic N) is 1. The van der Waals surface area contributed by atoms with Crippen molar-refractivity contribution < 1.29 is 9.21 Å². The standard InChI is InChI=1S/C21H22N2O3/c1-13-10-20(24)26-19-9-14(2)18(11-17(13)19)22-21(25)16-7-5-15(6-8-16)12-23(3)4/h5-11H,12H2,1-4H3,(H,22,25). The van der Waals surface area contributed by atoms with E-state index < -0.39 is 0 Å². The molecule has 0 saturated carbocycles. The van der Waals surface area contributed by atoms with Crippen molar-refractivity contribution in [2.75, 3.05) is 19.4 Å². The Morgan fingerprint density at radius 2 is 1.73 bits per heavy atom. The summed E-state index contributed by atoms with van der Waals surface area (Å²) in [6, 6.07) is 12.7. The fourth-order valence-electron chi connectivity index (χ4n) is 2.92. The summed E-state index contributed by atoms with van der Waals surface area (Å²) >= 11 is 0. The van der Waals surface area contributed by atoms with E-state index in [0.717, 1.165) is 28.6 Å². The van der Waals surface area contributed by atoms with Gasteiger partial charge in [0.05, 0.1) is 0 Å². The third-order valence-electron chi connectivity index (χ3n) is 4.26. The maximum Gasteiger partial charge on any atom is 0.336 e. The monoisotopic (exact) mass is 350 g/mol. The number of anilines is 1. The largest absolute Gasteiger partial charge is 0.423 e. The van der Waals surface area contributed by atoms with Gasteiger partial charge in [0.1, 0.15) is 5.58 Å². The fraction of sp³-hybridized carbons (Fsp3) is 0.238. The van der Waals surface area contributed by atoms with Gasteiger partial charge in [-0.15, -0.1) is 0 Å². The summed E-state index contributed by atoms with van der Waals surface area (Å²) in [7, 11) is 4.01. The molecule has 134 valence electrons. The van der Waals surface area contributed by atoms with Crippen molar-refractivity contribution in [3.8, 4) is 0 Å². The van der Waals surface area contributed by atoms with Crippen LogP contribution in [-0.2, 0) is 6.54 Å². The van der Waals surface area contributed by atoms with Gasteiger partial charge in [0.2, 0.25) is 0 Å². The van der Waals surface area contributed by atoms with Crippen LogP contribution in [0, 0.1) is 13.8 Å². The van der Waals surface area contributed by atoms with E-state index in [4.69, 9.17) is 4.42 Å². The van der Waals surface area contributed by atoms with Crippen molar-refractivity contribution in [1.29, 1.82) is 0 Å². The maximum atomic E-state index is 12.6. The summed E-state index contributed by atoms with van der Waals surface area (Å²) in [5.74, 6) is -0.168. The van der Waals surface area contributed by atoms with E-state index >= 15 is 0 Å². The number of benzene rings is 2. The number of carbonyl (C=O) groups is 1. The normalized spacial score (nSPS) is 11.1. The van der Waals surface area contributed by atoms with Gasteiger partial charge in [-0.05, 0) is 68.9 Å². The van der Waals surface area contributed by atoms with Crippen molar-refractivity contribution in [2.24, 2.45) is 0 Å². The average Bonchev–Trinajstić information content (AvgIpc) is 2.56. The zero-order chi connectivity index (χ0) is 18.8. The Labute approximate surface area is 152 Å². The molecule has 3 rings (SSSR count). The van der Waals surface area contributed by atoms with Crippen LogP contribution in [0.25, 0.3) is 11.0 Å². The number of aryl methyl sites for hydroxylation is 2. The summed E-state index contributed by atoms with van der Waals surface area (Å²) in [5, 5.41) is 3.76. The third kappa shape index (κ3) is 3.83. The molecule has 1 aromatic heterocycles. The summed E-state index contributed by atoms with van der Waals surface area (Å²) in [5.41, 5.74) is 4.27. The van der Waals surface area contributed by atoms with Crippen molar-refractivity contribution >= 4 is 22.6 Å². The van der Waals surface area contributed by atoms with Crippen LogP contribution in [-0.4, -0.2) is 24.9 Å². The van der Waals surface area contributed by atoms with Gasteiger partial charge in [-0.25, -0.2) is 4.79 Å². The Morgan fingerprint density at radius 3 is 2.38 bits per heavy atom. The van der Waals surface area contributed by atoms with Crippen molar-refractivity contribution in [3.63, 3.8) is 0 Å². The molecule has 0 aliphatic heterocycles. The molecular formula is C21H22N2O3. The zero-order valence-electron chi connectivity index (χ0n) is 15.4. The lowest BCUT2D eigenvalue weighted by Gasteiger charge is -2.12. The average molecular weight is 350 g/mol. The molecule has 0 radical (unpaired) electrons. The molecular weight excluding hydrogens is 328 g/mol. The van der Waals surface area contributed by atoms with Crippen molar-refractivity contribution in [2.45, 2.75) is 20.4 Å². The van der Waals surface area contributed by atoms with Crippen LogP contribution in [0.1, 0.15) is 27.0 Å². The molecule has 5 heteroatoms. The number of nitrogens with one attached hydrogen (secondary N) is 1. The quantitative estimate of drug-likeness (QED) is 0.729. The highest BCUT2D eigenvalue weighted by atomic mass is 16.4. The maximum absolute atomic E-state index is 12.6. The SMILES string of the molecule is Cc1cc2oc(=O)cc(C)c2cc1NC(=O)c1ccc(CN(C)C)cc1. The number of fused-ring (bicyclic) bond motifs is 1. The molecule has 0 spiro atoms. The molecule has 0 bridgehead atoms. The van der Waals surface area contributed by atoms with Crippen LogP contribution in [0.3, 0.4) is 0 Å². The molecule has 0 aliphatic carbocycles. The van der Waals surface area contributed by atoms with Gasteiger partial charge in [-0.2, -0.15) is 0 Å². The third-order valence-corrected chi connectivity index (χ3v) is 4.26. The molecule has 1 heterocycles. The van der Waals surface area contributed by atoms with Crippen LogP contribution in [0.5, 0.6) is 0 Å². The lowest BCUT2D eigenvalue weighted by molar-refractivity contribution is 0.102. The fourth-order valence-corrected chi connectivity index (χ4v) is 2.92. The van der Waals surface area contributed by atoms with Crippen LogP contribution in [0.4, 0.5) is 5.69 Å². The minimum Gasteiger partial charge on any atom is -0.423 e. The van der Waals surface area contributed by atoms with Crippen LogP contribution < -0.4 is 10.9 Å². The van der Waals surface area contributed by atoms with E-state index in [0.29, 0.717) is 16.8 Å². The predicted molar refractivity (Wildman–Crippen MR) is 104 cm³/mol. The molecule has 0 saturated heterocycles. The van der Waals surface area contributed by atoms with Gasteiger partial charge in [0, 0.05) is 29.2 Å². The molecule has 0 unspecified atom stereocenters. The van der Waals surface area contributed by atoms with Crippen LogP contribution in [0.15, 0.2) is 51.7 Å². The Morgan fingerprint density at radius 1 is 1.04 bits per heavy atom. The van der Waals surface area contributed by atoms with Gasteiger partial charge in [0.25, 0.3) is 5.91 Å². The first-order chi connectivity index (χ1) is 12.3. The Kier molecular flexibility index (Phi) is 4.91. The van der Waals surface area contributed by atoms with Gasteiger partial charge in [0.15, 0.2) is 0 Å². The molecule has 0 atom stereocenters. The first-order valence-electron chi connectivity index (χ1n) is 8.43. The first kappa shape index (κ1) is 17.9. The topological polar surface area (TPSA) is 62.6 Å². The van der Waals surface area contributed by atoms with E-state index in [1.54, 1.807) is 6.07 Å². The van der Waals surface area contributed by atoms with Crippen LogP contribution >= 0.6 is 0 Å². The minimum absolute atomic E-state index is 0.168. The second-order valence-electron chi connectivity index (χ2n) is 6.80. The predicted octanol–water partition coefficient (Wildman–Crippen LogP) is 3.72. The lowest BCUT2D eigenvalue weighted by Crippen LogP contribution is -2.14. The van der Waals surface area contributed by atoms with Gasteiger partial charge < -0.3 is 14.6 Å². The van der Waals surface area contributed by atoms with Gasteiger partial charge in [-0.1, -0.05) is 12.1 Å². The second-order valence-corrected chi connectivity index (χ2v) is 6.80. The molecule has 26 heavy (non-hydrogen) atoms. The van der Waals surface area contributed by atoms with E-state index in [1.807, 2.05) is 58.3 Å². The highest BCUT2D eigenvalue weighted by Crippen LogP contribution is 2.25. The van der Waals surface area contributed by atoms with E-state index in [9.17, 15) is 9.59 Å². The van der Waals surface area contributed by atoms with Crippen molar-refractivity contribution in [3.05, 3.63) is 75.1 Å². The van der Waals surface area contributed by atoms with E-state index in [2.05, 4.69) is 10.2 Å². The molecule has 5 nitrogen and oxygen atoms in total. The zero-order valence-corrected chi connectivity index (χ0v) is 15.4. The first-order valence-corrected chi connectivity index (χ1v) is 8.43. The minimum atomic E-state index is -0.371. The number of hydrogen-bond acceptors (Lipinski definition) is 4. The number of rotatable bonds is 4. The summed E-state index contributed by atoms with van der Waals surface area (Å²) in [6.45, 7) is 4.55. The number of carbonyl (C=O) groups excluding carboxylic acids is 1. The molecule has 1 N–H and O–H groups in total. The highest BCUT2D eigenvalue weighted by molar-refractivity contribution is 6.05. The highest BCUT2D eigenvalue weighted by Gasteiger charge is 2.11. The molecule has 1 amide bonds. The van der Waals surface area contributed by atoms with Crippen molar-refractivity contribution in [1.82, 2.24) is 4.90 Å². The van der Waals surface area contributed by atoms with Gasteiger partial charge in [-0.3, -0.25) is 4.79 Å². The number of amides is 1. The van der Waals surface area contributed by atoms with E-state index in [1.165, 1.54) is 6.07 Å². The van der Waals surface area contributed by atoms with Gasteiger partial charge >= 0.3 is 5.63 Å².